The Morgan fingerprint density at radius 2 is 1.74 bits per heavy atom. The molecule has 1 aliphatic rings. The van der Waals surface area contributed by atoms with Crippen LogP contribution >= 0.6 is 0 Å². The topological polar surface area (TPSA) is 67.1 Å². The highest BCUT2D eigenvalue weighted by Crippen LogP contribution is 2.38. The molecule has 0 aliphatic carbocycles. The van der Waals surface area contributed by atoms with E-state index in [1.165, 1.54) is 30.6 Å². The second kappa shape index (κ2) is 6.15. The minimum absolute atomic E-state index is 0.120. The molecule has 1 amide bonds. The van der Waals surface area contributed by atoms with Gasteiger partial charge in [0.25, 0.3) is 0 Å². The zero-order valence-corrected chi connectivity index (χ0v) is 13.9. The number of aromatic hydroxyl groups is 1. The SMILES string of the molecule is O=C1C[C@@H](c2ccc(O)cc2)c2ncn(-c3ccc(C(F)(F)F)cc3)c2N1. The van der Waals surface area contributed by atoms with Crippen molar-refractivity contribution in [2.75, 3.05) is 5.32 Å². The number of carbonyl (C=O) groups excluding carboxylic acids is 1. The first-order chi connectivity index (χ1) is 12.8. The van der Waals surface area contributed by atoms with Gasteiger partial charge < -0.3 is 10.4 Å². The summed E-state index contributed by atoms with van der Waals surface area (Å²) in [5.74, 6) is 0.0397. The number of hydrogen-bond acceptors (Lipinski definition) is 3. The van der Waals surface area contributed by atoms with Crippen molar-refractivity contribution in [3.8, 4) is 11.4 Å². The second-order valence-corrected chi connectivity index (χ2v) is 6.29. The van der Waals surface area contributed by atoms with Gasteiger partial charge in [-0.15, -0.1) is 0 Å². The predicted octanol–water partition coefficient (Wildman–Crippen LogP) is 4.07. The fourth-order valence-electron chi connectivity index (χ4n) is 3.20. The van der Waals surface area contributed by atoms with Gasteiger partial charge in [0.15, 0.2) is 0 Å². The smallest absolute Gasteiger partial charge is 0.416 e. The van der Waals surface area contributed by atoms with E-state index in [0.717, 1.165) is 17.7 Å². The molecule has 2 N–H and O–H groups in total. The summed E-state index contributed by atoms with van der Waals surface area (Å²) in [6, 6.07) is 11.2. The molecule has 0 fully saturated rings. The third kappa shape index (κ3) is 3.14. The van der Waals surface area contributed by atoms with E-state index in [2.05, 4.69) is 10.3 Å². The molecule has 1 atom stereocenters. The van der Waals surface area contributed by atoms with Crippen LogP contribution in [-0.4, -0.2) is 20.6 Å². The van der Waals surface area contributed by atoms with Crippen molar-refractivity contribution >= 4 is 11.7 Å². The lowest BCUT2D eigenvalue weighted by Gasteiger charge is -2.23. The number of phenolic OH excluding ortho intramolecular Hbond substituents is 1. The highest BCUT2D eigenvalue weighted by molar-refractivity contribution is 5.94. The van der Waals surface area contributed by atoms with E-state index in [4.69, 9.17) is 0 Å². The number of fused-ring (bicyclic) bond motifs is 1. The molecule has 0 unspecified atom stereocenters. The number of alkyl halides is 3. The Hall–Kier alpha value is -3.29. The molecule has 27 heavy (non-hydrogen) atoms. The third-order valence-corrected chi connectivity index (χ3v) is 4.54. The van der Waals surface area contributed by atoms with Gasteiger partial charge in [0, 0.05) is 18.0 Å². The zero-order chi connectivity index (χ0) is 19.2. The standard InChI is InChI=1S/C19H14F3N3O2/c20-19(21,22)12-3-5-13(6-4-12)25-10-23-17-15(9-16(27)24-18(17)25)11-1-7-14(26)8-2-11/h1-8,10,15,26H,9H2,(H,24,27)/t15-/m0/s1. The molecule has 0 saturated heterocycles. The molecule has 4 rings (SSSR count). The average Bonchev–Trinajstić information content (AvgIpc) is 3.05. The zero-order valence-electron chi connectivity index (χ0n) is 13.9. The Morgan fingerprint density at radius 3 is 2.37 bits per heavy atom. The lowest BCUT2D eigenvalue weighted by atomic mass is 9.90. The summed E-state index contributed by atoms with van der Waals surface area (Å²) in [7, 11) is 0. The molecule has 138 valence electrons. The molecular formula is C19H14F3N3O2. The van der Waals surface area contributed by atoms with Crippen LogP contribution in [0.1, 0.15) is 29.2 Å². The van der Waals surface area contributed by atoms with Gasteiger partial charge in [-0.3, -0.25) is 9.36 Å². The number of anilines is 1. The number of rotatable bonds is 2. The normalized spacial score (nSPS) is 16.7. The van der Waals surface area contributed by atoms with Crippen molar-refractivity contribution in [1.82, 2.24) is 9.55 Å². The summed E-state index contributed by atoms with van der Waals surface area (Å²) in [5.41, 5.74) is 1.16. The van der Waals surface area contributed by atoms with Crippen LogP contribution in [0.4, 0.5) is 19.0 Å². The maximum absolute atomic E-state index is 12.8. The van der Waals surface area contributed by atoms with E-state index in [1.54, 1.807) is 16.7 Å². The van der Waals surface area contributed by atoms with Crippen molar-refractivity contribution in [1.29, 1.82) is 0 Å². The highest BCUT2D eigenvalue weighted by atomic mass is 19.4. The van der Waals surface area contributed by atoms with Crippen LogP contribution in [0.3, 0.4) is 0 Å². The van der Waals surface area contributed by atoms with Gasteiger partial charge in [-0.05, 0) is 42.0 Å². The number of nitrogens with zero attached hydrogens (tertiary/aromatic N) is 2. The maximum Gasteiger partial charge on any atom is 0.416 e. The van der Waals surface area contributed by atoms with E-state index in [-0.39, 0.29) is 24.0 Å². The van der Waals surface area contributed by atoms with Gasteiger partial charge in [-0.25, -0.2) is 4.98 Å². The highest BCUT2D eigenvalue weighted by Gasteiger charge is 2.32. The number of phenols is 1. The van der Waals surface area contributed by atoms with Gasteiger partial charge in [-0.2, -0.15) is 13.2 Å². The van der Waals surface area contributed by atoms with Crippen LogP contribution in [-0.2, 0) is 11.0 Å². The first-order valence-corrected chi connectivity index (χ1v) is 8.16. The van der Waals surface area contributed by atoms with Crippen LogP contribution in [0, 0.1) is 0 Å². The van der Waals surface area contributed by atoms with Crippen LogP contribution in [0.2, 0.25) is 0 Å². The minimum Gasteiger partial charge on any atom is -0.508 e. The Morgan fingerprint density at radius 1 is 1.07 bits per heavy atom. The summed E-state index contributed by atoms with van der Waals surface area (Å²) in [4.78, 5) is 16.6. The number of benzene rings is 2. The van der Waals surface area contributed by atoms with Gasteiger partial charge in [0.05, 0.1) is 11.3 Å². The van der Waals surface area contributed by atoms with E-state index < -0.39 is 11.7 Å². The van der Waals surface area contributed by atoms with Crippen LogP contribution < -0.4 is 5.32 Å². The number of nitrogens with one attached hydrogen (secondary N) is 1. The van der Waals surface area contributed by atoms with Crippen molar-refractivity contribution in [2.24, 2.45) is 0 Å². The molecule has 0 saturated carbocycles. The fourth-order valence-corrected chi connectivity index (χ4v) is 3.20. The molecule has 2 heterocycles. The molecule has 5 nitrogen and oxygen atoms in total. The quantitative estimate of drug-likeness (QED) is 0.712. The molecular weight excluding hydrogens is 359 g/mol. The Bertz CT molecular complexity index is 993. The predicted molar refractivity (Wildman–Crippen MR) is 91.8 cm³/mol. The molecule has 8 heteroatoms. The Kier molecular flexibility index (Phi) is 3.91. The van der Waals surface area contributed by atoms with Crippen molar-refractivity contribution in [3.63, 3.8) is 0 Å². The van der Waals surface area contributed by atoms with Gasteiger partial charge in [-0.1, -0.05) is 12.1 Å². The van der Waals surface area contributed by atoms with Crippen molar-refractivity contribution < 1.29 is 23.1 Å². The molecule has 1 aliphatic heterocycles. The van der Waals surface area contributed by atoms with Crippen molar-refractivity contribution in [2.45, 2.75) is 18.5 Å². The number of carbonyl (C=O) groups is 1. The first kappa shape index (κ1) is 17.1. The number of hydrogen-bond donors (Lipinski definition) is 2. The van der Waals surface area contributed by atoms with Gasteiger partial charge in [0.1, 0.15) is 17.9 Å². The average molecular weight is 373 g/mol. The monoisotopic (exact) mass is 373 g/mol. The summed E-state index contributed by atoms with van der Waals surface area (Å²) in [5, 5.41) is 12.2. The minimum atomic E-state index is -4.41. The molecule has 3 aromatic rings. The number of aromatic nitrogens is 2. The summed E-state index contributed by atoms with van der Waals surface area (Å²) in [6.07, 6.45) is -2.74. The first-order valence-electron chi connectivity index (χ1n) is 8.16. The molecule has 2 aromatic carbocycles. The maximum atomic E-state index is 12.8. The third-order valence-electron chi connectivity index (χ3n) is 4.54. The second-order valence-electron chi connectivity index (χ2n) is 6.29. The van der Waals surface area contributed by atoms with E-state index >= 15 is 0 Å². The van der Waals surface area contributed by atoms with E-state index in [0.29, 0.717) is 17.2 Å². The number of halogens is 3. The van der Waals surface area contributed by atoms with Crippen molar-refractivity contribution in [3.05, 3.63) is 71.7 Å². The Balaban J connectivity index is 1.74. The van der Waals surface area contributed by atoms with Crippen LogP contribution in [0.25, 0.3) is 5.69 Å². The lowest BCUT2D eigenvalue weighted by molar-refractivity contribution is -0.137. The van der Waals surface area contributed by atoms with E-state index in [1.807, 2.05) is 0 Å². The fraction of sp³-hybridized carbons (Fsp3) is 0.158. The largest absolute Gasteiger partial charge is 0.508 e. The van der Waals surface area contributed by atoms with E-state index in [9.17, 15) is 23.1 Å². The lowest BCUT2D eigenvalue weighted by Crippen LogP contribution is -2.24. The summed E-state index contributed by atoms with van der Waals surface area (Å²) >= 11 is 0. The molecule has 0 radical (unpaired) electrons. The molecule has 1 aromatic heterocycles. The van der Waals surface area contributed by atoms with Crippen LogP contribution in [0.5, 0.6) is 5.75 Å². The van der Waals surface area contributed by atoms with Gasteiger partial charge in [0.2, 0.25) is 5.91 Å². The summed E-state index contributed by atoms with van der Waals surface area (Å²) in [6.45, 7) is 0. The Labute approximate surface area is 152 Å². The molecule has 0 bridgehead atoms. The molecule has 0 spiro atoms. The summed E-state index contributed by atoms with van der Waals surface area (Å²) < 4.78 is 39.8. The number of amides is 1. The number of imidazole rings is 1. The van der Waals surface area contributed by atoms with Crippen LogP contribution in [0.15, 0.2) is 54.9 Å². The van der Waals surface area contributed by atoms with Gasteiger partial charge >= 0.3 is 6.18 Å².